The maximum absolute atomic E-state index is 12.1. The molecule has 2 aromatic heterocycles. The zero-order chi connectivity index (χ0) is 17.5. The Bertz CT molecular complexity index is 894. The van der Waals surface area contributed by atoms with Gasteiger partial charge in [0.15, 0.2) is 0 Å². The molecule has 1 N–H and O–H groups in total. The van der Waals surface area contributed by atoms with E-state index in [0.717, 1.165) is 34.7 Å². The highest BCUT2D eigenvalue weighted by molar-refractivity contribution is 7.88. The minimum absolute atomic E-state index is 0.0112. The lowest BCUT2D eigenvalue weighted by Crippen LogP contribution is -2.26. The summed E-state index contributed by atoms with van der Waals surface area (Å²) in [5, 5.41) is 3.03. The summed E-state index contributed by atoms with van der Waals surface area (Å²) in [6.45, 7) is 0.416. The smallest absolute Gasteiger partial charge is 0.215 e. The van der Waals surface area contributed by atoms with Crippen LogP contribution < -0.4 is 4.72 Å². The number of nitrogens with one attached hydrogen (secondary N) is 1. The third kappa shape index (κ3) is 5.45. The van der Waals surface area contributed by atoms with Crippen LogP contribution in [0.15, 0.2) is 60.2 Å². The highest BCUT2D eigenvalue weighted by Crippen LogP contribution is 2.21. The summed E-state index contributed by atoms with van der Waals surface area (Å²) >= 11 is 1.60. The lowest BCUT2D eigenvalue weighted by Gasteiger charge is -2.06. The number of rotatable bonds is 8. The topological polar surface area (TPSA) is 72.0 Å². The van der Waals surface area contributed by atoms with Crippen molar-refractivity contribution >= 4 is 21.4 Å². The van der Waals surface area contributed by atoms with E-state index >= 15 is 0 Å². The van der Waals surface area contributed by atoms with Gasteiger partial charge in [0.05, 0.1) is 16.5 Å². The fourth-order valence-electron chi connectivity index (χ4n) is 2.39. The van der Waals surface area contributed by atoms with Gasteiger partial charge >= 0.3 is 0 Å². The van der Waals surface area contributed by atoms with Crippen molar-refractivity contribution in [1.82, 2.24) is 14.7 Å². The van der Waals surface area contributed by atoms with E-state index < -0.39 is 10.0 Å². The van der Waals surface area contributed by atoms with Crippen molar-refractivity contribution in [2.24, 2.45) is 0 Å². The molecule has 5 nitrogen and oxygen atoms in total. The molecule has 0 saturated carbocycles. The highest BCUT2D eigenvalue weighted by Gasteiger charge is 2.11. The first-order chi connectivity index (χ1) is 12.1. The average molecular weight is 374 g/mol. The Balaban J connectivity index is 1.46. The fourth-order valence-corrected chi connectivity index (χ4v) is 4.43. The normalized spacial score (nSPS) is 11.5. The van der Waals surface area contributed by atoms with E-state index in [1.807, 2.05) is 47.8 Å². The minimum atomic E-state index is -3.30. The standard InChI is InChI=1S/C18H19N3O2S2/c22-25(23,14-15-5-2-1-3-6-15)20-10-4-7-18-21-17(13-24-18)16-8-11-19-12-9-16/h1-3,5-6,8-9,11-13,20H,4,7,10,14H2. The molecule has 3 aromatic rings. The molecule has 0 unspecified atom stereocenters. The summed E-state index contributed by atoms with van der Waals surface area (Å²) in [5.41, 5.74) is 2.77. The van der Waals surface area contributed by atoms with Gasteiger partial charge in [0.25, 0.3) is 0 Å². The number of benzene rings is 1. The number of aryl methyl sites for hydroxylation is 1. The molecule has 0 aliphatic rings. The predicted molar refractivity (Wildman–Crippen MR) is 101 cm³/mol. The van der Waals surface area contributed by atoms with Crippen molar-refractivity contribution in [3.05, 3.63) is 70.8 Å². The Morgan fingerprint density at radius 3 is 2.56 bits per heavy atom. The second kappa shape index (κ2) is 8.33. The molecule has 2 heterocycles. The van der Waals surface area contributed by atoms with Crippen LogP contribution in [0.1, 0.15) is 17.0 Å². The van der Waals surface area contributed by atoms with Gasteiger partial charge in [-0.2, -0.15) is 0 Å². The second-order valence-corrected chi connectivity index (χ2v) is 8.35. The summed E-state index contributed by atoms with van der Waals surface area (Å²) in [6.07, 6.45) is 4.96. The molecule has 25 heavy (non-hydrogen) atoms. The van der Waals surface area contributed by atoms with Crippen LogP contribution >= 0.6 is 11.3 Å². The average Bonchev–Trinajstić information content (AvgIpc) is 3.09. The molecular formula is C18H19N3O2S2. The number of nitrogens with zero attached hydrogens (tertiary/aromatic N) is 2. The Labute approximate surface area is 151 Å². The molecule has 0 radical (unpaired) electrons. The van der Waals surface area contributed by atoms with Crippen molar-refractivity contribution < 1.29 is 8.42 Å². The first-order valence-electron chi connectivity index (χ1n) is 7.98. The van der Waals surface area contributed by atoms with E-state index in [4.69, 9.17) is 0 Å². The molecular weight excluding hydrogens is 354 g/mol. The van der Waals surface area contributed by atoms with Crippen LogP contribution in [0.5, 0.6) is 0 Å². The third-order valence-electron chi connectivity index (χ3n) is 3.62. The first kappa shape index (κ1) is 17.7. The lowest BCUT2D eigenvalue weighted by atomic mass is 10.2. The molecule has 7 heteroatoms. The van der Waals surface area contributed by atoms with Gasteiger partial charge in [-0.15, -0.1) is 11.3 Å². The van der Waals surface area contributed by atoms with Gasteiger partial charge in [0.1, 0.15) is 0 Å². The third-order valence-corrected chi connectivity index (χ3v) is 5.88. The lowest BCUT2D eigenvalue weighted by molar-refractivity contribution is 0.578. The molecule has 0 fully saturated rings. The first-order valence-corrected chi connectivity index (χ1v) is 10.5. The van der Waals surface area contributed by atoms with Crippen molar-refractivity contribution in [3.63, 3.8) is 0 Å². The second-order valence-electron chi connectivity index (χ2n) is 5.60. The maximum Gasteiger partial charge on any atom is 0.215 e. The van der Waals surface area contributed by atoms with Gasteiger partial charge in [-0.05, 0) is 24.1 Å². The van der Waals surface area contributed by atoms with Crippen molar-refractivity contribution in [2.75, 3.05) is 6.54 Å². The Kier molecular flexibility index (Phi) is 5.91. The molecule has 0 aliphatic carbocycles. The molecule has 0 amide bonds. The Morgan fingerprint density at radius 2 is 1.80 bits per heavy atom. The fraction of sp³-hybridized carbons (Fsp3) is 0.222. The van der Waals surface area contributed by atoms with Gasteiger partial charge in [0.2, 0.25) is 10.0 Å². The number of hydrogen-bond acceptors (Lipinski definition) is 5. The van der Waals surface area contributed by atoms with Crippen LogP contribution in [0, 0.1) is 0 Å². The minimum Gasteiger partial charge on any atom is -0.265 e. The van der Waals surface area contributed by atoms with E-state index in [9.17, 15) is 8.42 Å². The van der Waals surface area contributed by atoms with Gasteiger partial charge in [-0.3, -0.25) is 4.98 Å². The largest absolute Gasteiger partial charge is 0.265 e. The molecule has 0 spiro atoms. The molecule has 130 valence electrons. The predicted octanol–water partition coefficient (Wildman–Crippen LogP) is 3.26. The van der Waals surface area contributed by atoms with Gasteiger partial charge in [0, 0.05) is 36.3 Å². The quantitative estimate of drug-likeness (QED) is 0.615. The Morgan fingerprint density at radius 1 is 1.04 bits per heavy atom. The molecule has 0 atom stereocenters. The van der Waals surface area contributed by atoms with Gasteiger partial charge in [-0.1, -0.05) is 30.3 Å². The monoisotopic (exact) mass is 373 g/mol. The molecule has 0 bridgehead atoms. The van der Waals surface area contributed by atoms with Crippen LogP contribution in [-0.2, 0) is 22.2 Å². The number of thiazole rings is 1. The number of aromatic nitrogens is 2. The molecule has 1 aromatic carbocycles. The van der Waals surface area contributed by atoms with Gasteiger partial charge in [-0.25, -0.2) is 18.1 Å². The molecule has 0 saturated heterocycles. The van der Waals surface area contributed by atoms with E-state index in [2.05, 4.69) is 14.7 Å². The van der Waals surface area contributed by atoms with E-state index in [1.165, 1.54) is 0 Å². The SMILES string of the molecule is O=S(=O)(Cc1ccccc1)NCCCc1nc(-c2ccncc2)cs1. The van der Waals surface area contributed by atoms with Crippen LogP contribution in [0.4, 0.5) is 0 Å². The zero-order valence-corrected chi connectivity index (χ0v) is 15.3. The van der Waals surface area contributed by atoms with Crippen molar-refractivity contribution in [3.8, 4) is 11.3 Å². The van der Waals surface area contributed by atoms with E-state index in [0.29, 0.717) is 6.54 Å². The van der Waals surface area contributed by atoms with Crippen LogP contribution in [0.25, 0.3) is 11.3 Å². The highest BCUT2D eigenvalue weighted by atomic mass is 32.2. The Hall–Kier alpha value is -2.09. The van der Waals surface area contributed by atoms with Gasteiger partial charge < -0.3 is 0 Å². The van der Waals surface area contributed by atoms with Crippen LogP contribution in [0.3, 0.4) is 0 Å². The molecule has 3 rings (SSSR count). The summed E-state index contributed by atoms with van der Waals surface area (Å²) in [6, 6.07) is 13.0. The number of hydrogen-bond donors (Lipinski definition) is 1. The van der Waals surface area contributed by atoms with Crippen LogP contribution in [-0.4, -0.2) is 24.9 Å². The summed E-state index contributed by atoms with van der Waals surface area (Å²) in [7, 11) is -3.30. The van der Waals surface area contributed by atoms with E-state index in [1.54, 1.807) is 23.7 Å². The van der Waals surface area contributed by atoms with Crippen LogP contribution in [0.2, 0.25) is 0 Å². The summed E-state index contributed by atoms with van der Waals surface area (Å²) < 4.78 is 26.8. The summed E-state index contributed by atoms with van der Waals surface area (Å²) in [4.78, 5) is 8.60. The summed E-state index contributed by atoms with van der Waals surface area (Å²) in [5.74, 6) is 0.0112. The van der Waals surface area contributed by atoms with Crippen molar-refractivity contribution in [2.45, 2.75) is 18.6 Å². The zero-order valence-electron chi connectivity index (χ0n) is 13.6. The van der Waals surface area contributed by atoms with E-state index in [-0.39, 0.29) is 5.75 Å². The van der Waals surface area contributed by atoms with Crippen molar-refractivity contribution in [1.29, 1.82) is 0 Å². The number of sulfonamides is 1. The number of pyridine rings is 1. The molecule has 0 aliphatic heterocycles. The maximum atomic E-state index is 12.1.